The summed E-state index contributed by atoms with van der Waals surface area (Å²) in [6, 6.07) is 15.0. The molecule has 0 heterocycles. The highest BCUT2D eigenvalue weighted by atomic mass is 14.6. The molecule has 0 saturated heterocycles. The molecule has 0 fully saturated rings. The van der Waals surface area contributed by atoms with Crippen LogP contribution in [0.5, 0.6) is 0 Å². The first kappa shape index (κ1) is 12.6. The summed E-state index contributed by atoms with van der Waals surface area (Å²) in [6.07, 6.45) is 0. The molecular weight excluding hydrogens is 272 g/mol. The van der Waals surface area contributed by atoms with Crippen LogP contribution in [0.3, 0.4) is 0 Å². The molecule has 0 atom stereocenters. The minimum absolute atomic E-state index is 0.523. The highest BCUT2D eigenvalue weighted by Crippen LogP contribution is 2.41. The molecule has 0 radical (unpaired) electrons. The minimum Gasteiger partial charge on any atom is -0.399 e. The zero-order valence-corrected chi connectivity index (χ0v) is 11.8. The highest BCUT2D eigenvalue weighted by molar-refractivity contribution is 6.04. The van der Waals surface area contributed by atoms with Gasteiger partial charge in [-0.3, -0.25) is 10.8 Å². The molecule has 0 aromatic heterocycles. The smallest absolute Gasteiger partial charge is 0.0711 e. The Labute approximate surface area is 127 Å². The number of nitrogen functional groups attached to an aromatic ring is 2. The lowest BCUT2D eigenvalue weighted by molar-refractivity contribution is 1.36. The van der Waals surface area contributed by atoms with Crippen molar-refractivity contribution < 1.29 is 0 Å². The fourth-order valence-electron chi connectivity index (χ4n) is 2.75. The maximum Gasteiger partial charge on any atom is 0.0711 e. The van der Waals surface area contributed by atoms with Gasteiger partial charge in [0.1, 0.15) is 0 Å². The Hall–Kier alpha value is -3.14. The van der Waals surface area contributed by atoms with Crippen molar-refractivity contribution in [1.82, 2.24) is 0 Å². The van der Waals surface area contributed by atoms with E-state index in [1.54, 1.807) is 0 Å². The second kappa shape index (κ2) is 4.18. The molecule has 4 nitrogen and oxygen atoms in total. The average molecular weight is 286 g/mol. The van der Waals surface area contributed by atoms with Crippen molar-refractivity contribution in [2.75, 3.05) is 11.5 Å². The Balaban J connectivity index is 1.72. The summed E-state index contributed by atoms with van der Waals surface area (Å²) >= 11 is 0. The van der Waals surface area contributed by atoms with Gasteiger partial charge >= 0.3 is 0 Å². The van der Waals surface area contributed by atoms with Gasteiger partial charge in [-0.25, -0.2) is 0 Å². The quantitative estimate of drug-likeness (QED) is 0.435. The zero-order valence-electron chi connectivity index (χ0n) is 11.8. The molecule has 4 aromatic carbocycles. The molecule has 0 amide bonds. The maximum atomic E-state index is 8.11. The second-order valence-electron chi connectivity index (χ2n) is 5.49. The molecule has 0 aliphatic carbocycles. The standard InChI is InChI=1S/C18H14N4/c19-11-5-1-9(2-6-11)13-15(17(13)21)16-14(18(16)22)10-3-7-12(20)8-4-10/h1-8,21-22H,19-20H2. The summed E-state index contributed by atoms with van der Waals surface area (Å²) < 4.78 is 0. The third-order valence-corrected chi connectivity index (χ3v) is 4.02. The summed E-state index contributed by atoms with van der Waals surface area (Å²) in [6.45, 7) is 0. The van der Waals surface area contributed by atoms with E-state index >= 15 is 0 Å². The molecule has 6 N–H and O–H groups in total. The molecule has 0 unspecified atom stereocenters. The van der Waals surface area contributed by atoms with E-state index in [0.717, 1.165) is 33.4 Å². The van der Waals surface area contributed by atoms with Gasteiger partial charge in [0.25, 0.3) is 0 Å². The van der Waals surface area contributed by atoms with E-state index in [1.807, 2.05) is 48.5 Å². The van der Waals surface area contributed by atoms with Crippen LogP contribution < -0.4 is 22.2 Å². The fraction of sp³-hybridized carbons (Fsp3) is 0. The Bertz CT molecular complexity index is 918. The van der Waals surface area contributed by atoms with Crippen molar-refractivity contribution in [1.29, 1.82) is 10.8 Å². The summed E-state index contributed by atoms with van der Waals surface area (Å²) in [5, 5.41) is 17.3. The summed E-state index contributed by atoms with van der Waals surface area (Å²) in [5.41, 5.74) is 18.4. The van der Waals surface area contributed by atoms with Crippen molar-refractivity contribution >= 4 is 11.4 Å². The Morgan fingerprint density at radius 3 is 1.14 bits per heavy atom. The van der Waals surface area contributed by atoms with Crippen molar-refractivity contribution in [3.05, 3.63) is 59.2 Å². The lowest BCUT2D eigenvalue weighted by Gasteiger charge is -1.95. The second-order valence-corrected chi connectivity index (χ2v) is 5.49. The van der Waals surface area contributed by atoms with Gasteiger partial charge < -0.3 is 11.5 Å². The van der Waals surface area contributed by atoms with Gasteiger partial charge in [0.05, 0.1) is 10.7 Å². The van der Waals surface area contributed by atoms with Gasteiger partial charge in [0.15, 0.2) is 0 Å². The first-order valence-electron chi connectivity index (χ1n) is 6.97. The van der Waals surface area contributed by atoms with Crippen LogP contribution in [0.4, 0.5) is 11.4 Å². The van der Waals surface area contributed by atoms with Gasteiger partial charge in [-0.15, -0.1) is 0 Å². The molecule has 0 aliphatic rings. The normalized spacial score (nSPS) is 11.5. The topological polar surface area (TPSA) is 99.7 Å². The monoisotopic (exact) mass is 286 g/mol. The van der Waals surface area contributed by atoms with E-state index < -0.39 is 0 Å². The van der Waals surface area contributed by atoms with E-state index in [4.69, 9.17) is 22.3 Å². The molecule has 4 aromatic rings. The number of hydrogen-bond donors (Lipinski definition) is 4. The minimum atomic E-state index is 0.523. The third-order valence-electron chi connectivity index (χ3n) is 4.02. The first-order valence-corrected chi connectivity index (χ1v) is 6.97. The maximum absolute atomic E-state index is 8.11. The molecule has 4 heteroatoms. The molecule has 4 rings (SSSR count). The van der Waals surface area contributed by atoms with Crippen molar-refractivity contribution in [2.45, 2.75) is 0 Å². The largest absolute Gasteiger partial charge is 0.399 e. The van der Waals surface area contributed by atoms with E-state index in [9.17, 15) is 0 Å². The van der Waals surface area contributed by atoms with Crippen LogP contribution in [-0.2, 0) is 0 Å². The highest BCUT2D eigenvalue weighted by Gasteiger charge is 2.32. The van der Waals surface area contributed by atoms with Gasteiger partial charge in [0, 0.05) is 33.6 Å². The van der Waals surface area contributed by atoms with Crippen LogP contribution >= 0.6 is 0 Å². The van der Waals surface area contributed by atoms with Crippen LogP contribution in [0.1, 0.15) is 0 Å². The number of rotatable bonds is 3. The first-order chi connectivity index (χ1) is 10.6. The fourth-order valence-corrected chi connectivity index (χ4v) is 2.75. The predicted molar refractivity (Wildman–Crippen MR) is 88.0 cm³/mol. The lowest BCUT2D eigenvalue weighted by Crippen LogP contribution is -1.83. The number of benzene rings is 2. The van der Waals surface area contributed by atoms with Crippen molar-refractivity contribution in [2.24, 2.45) is 0 Å². The SMILES string of the molecule is N=c1c(-c2ccc(N)cc2)c1-c1c(-c2ccc(N)cc2)c1=N. The number of hydrogen-bond acceptors (Lipinski definition) is 4. The number of nitrogens with two attached hydrogens (primary N) is 2. The molecule has 0 spiro atoms. The van der Waals surface area contributed by atoms with E-state index in [-0.39, 0.29) is 0 Å². The lowest BCUT2D eigenvalue weighted by atomic mass is 10.1. The van der Waals surface area contributed by atoms with Gasteiger partial charge in [-0.2, -0.15) is 0 Å². The van der Waals surface area contributed by atoms with E-state index in [2.05, 4.69) is 0 Å². The average Bonchev–Trinajstić information content (AvgIpc) is 3.36. The molecule has 22 heavy (non-hydrogen) atoms. The number of nitrogens with one attached hydrogen (secondary N) is 2. The molecular formula is C18H14N4. The van der Waals surface area contributed by atoms with Crippen molar-refractivity contribution in [3.8, 4) is 33.4 Å². The molecule has 0 bridgehead atoms. The molecule has 106 valence electrons. The summed E-state index contributed by atoms with van der Waals surface area (Å²) in [7, 11) is 0. The van der Waals surface area contributed by atoms with Crippen LogP contribution in [0.25, 0.3) is 33.4 Å². The summed E-state index contributed by atoms with van der Waals surface area (Å²) in [4.78, 5) is 0. The van der Waals surface area contributed by atoms with Crippen LogP contribution in [0.2, 0.25) is 0 Å². The van der Waals surface area contributed by atoms with Crippen molar-refractivity contribution in [3.63, 3.8) is 0 Å². The Morgan fingerprint density at radius 1 is 0.500 bits per heavy atom. The van der Waals surface area contributed by atoms with Gasteiger partial charge in [-0.1, -0.05) is 24.3 Å². The van der Waals surface area contributed by atoms with E-state index in [0.29, 0.717) is 22.1 Å². The Morgan fingerprint density at radius 2 is 0.818 bits per heavy atom. The Kier molecular flexibility index (Phi) is 2.39. The predicted octanol–water partition coefficient (Wildman–Crippen LogP) is 2.56. The molecule has 0 saturated carbocycles. The third kappa shape index (κ3) is 1.78. The zero-order chi connectivity index (χ0) is 15.4. The van der Waals surface area contributed by atoms with E-state index in [1.165, 1.54) is 0 Å². The van der Waals surface area contributed by atoms with Gasteiger partial charge in [-0.05, 0) is 35.4 Å². The van der Waals surface area contributed by atoms with Crippen LogP contribution in [0, 0.1) is 10.8 Å². The molecule has 0 aliphatic heterocycles. The number of anilines is 2. The van der Waals surface area contributed by atoms with Gasteiger partial charge in [0.2, 0.25) is 0 Å². The van der Waals surface area contributed by atoms with Crippen LogP contribution in [0.15, 0.2) is 48.5 Å². The summed E-state index contributed by atoms with van der Waals surface area (Å²) in [5.74, 6) is 0. The van der Waals surface area contributed by atoms with Crippen LogP contribution in [-0.4, -0.2) is 0 Å².